The molecule has 1 fully saturated rings. The van der Waals surface area contributed by atoms with Gasteiger partial charge in [0.25, 0.3) is 11.8 Å². The third-order valence-corrected chi connectivity index (χ3v) is 4.64. The van der Waals surface area contributed by atoms with Crippen molar-refractivity contribution in [3.8, 4) is 17.2 Å². The molecule has 1 N–H and O–H groups in total. The van der Waals surface area contributed by atoms with Gasteiger partial charge in [0.1, 0.15) is 11.3 Å². The van der Waals surface area contributed by atoms with E-state index in [-0.39, 0.29) is 10.6 Å². The number of amides is 4. The van der Waals surface area contributed by atoms with Gasteiger partial charge in [0.15, 0.2) is 11.5 Å². The number of benzene rings is 2. The lowest BCUT2D eigenvalue weighted by atomic mass is 10.1. The number of carbonyl (C=O) groups is 3. The van der Waals surface area contributed by atoms with Gasteiger partial charge < -0.3 is 14.2 Å². The minimum atomic E-state index is -0.836. The standard InChI is InChI=1S/C22H21ClN2O6/c1-4-30-18-12-13(11-17(23)19(18)31-5-2)10-16-20(26)24-22(28)25(21(16)27)14-6-8-15(29-3)9-7-14/h6-12H,4-5H2,1-3H3,(H,24,26,28)/b16-10-. The highest BCUT2D eigenvalue weighted by Gasteiger charge is 2.36. The van der Waals surface area contributed by atoms with Crippen LogP contribution in [-0.2, 0) is 9.59 Å². The summed E-state index contributed by atoms with van der Waals surface area (Å²) in [5.41, 5.74) is 0.513. The van der Waals surface area contributed by atoms with Gasteiger partial charge >= 0.3 is 6.03 Å². The number of rotatable bonds is 7. The SMILES string of the molecule is CCOc1cc(/C=C2/C(=O)NC(=O)N(c3ccc(OC)cc3)C2=O)cc(Cl)c1OCC. The maximum Gasteiger partial charge on any atom is 0.335 e. The fraction of sp³-hybridized carbons (Fsp3) is 0.227. The average molecular weight is 445 g/mol. The first-order valence-electron chi connectivity index (χ1n) is 9.54. The highest BCUT2D eigenvalue weighted by molar-refractivity contribution is 6.39. The van der Waals surface area contributed by atoms with Gasteiger partial charge in [-0.25, -0.2) is 9.69 Å². The molecule has 2 aromatic rings. The Labute approximate surface area is 184 Å². The topological polar surface area (TPSA) is 94.2 Å². The molecule has 0 unspecified atom stereocenters. The van der Waals surface area contributed by atoms with Crippen LogP contribution in [-0.4, -0.2) is 38.2 Å². The molecule has 162 valence electrons. The third-order valence-electron chi connectivity index (χ3n) is 4.36. The summed E-state index contributed by atoms with van der Waals surface area (Å²) in [5.74, 6) is -0.240. The van der Waals surface area contributed by atoms with E-state index in [4.69, 9.17) is 25.8 Å². The molecule has 0 aromatic heterocycles. The Morgan fingerprint density at radius 1 is 1.03 bits per heavy atom. The first kappa shape index (κ1) is 22.2. The van der Waals surface area contributed by atoms with E-state index in [0.29, 0.717) is 41.7 Å². The number of hydrogen-bond acceptors (Lipinski definition) is 6. The number of nitrogens with zero attached hydrogens (tertiary/aromatic N) is 1. The van der Waals surface area contributed by atoms with Crippen molar-refractivity contribution in [2.24, 2.45) is 0 Å². The van der Waals surface area contributed by atoms with Crippen molar-refractivity contribution in [3.05, 3.63) is 52.6 Å². The van der Waals surface area contributed by atoms with Crippen LogP contribution in [0.2, 0.25) is 5.02 Å². The zero-order chi connectivity index (χ0) is 22.5. The molecule has 0 saturated carbocycles. The van der Waals surface area contributed by atoms with Crippen LogP contribution in [0.4, 0.5) is 10.5 Å². The highest BCUT2D eigenvalue weighted by Crippen LogP contribution is 2.37. The van der Waals surface area contributed by atoms with Gasteiger partial charge in [0.2, 0.25) is 0 Å². The smallest absolute Gasteiger partial charge is 0.335 e. The van der Waals surface area contributed by atoms with Crippen molar-refractivity contribution in [1.29, 1.82) is 0 Å². The van der Waals surface area contributed by atoms with E-state index in [1.54, 1.807) is 36.4 Å². The van der Waals surface area contributed by atoms with Gasteiger partial charge in [0.05, 0.1) is 31.0 Å². The van der Waals surface area contributed by atoms with Gasteiger partial charge in [-0.2, -0.15) is 0 Å². The fourth-order valence-electron chi connectivity index (χ4n) is 3.01. The zero-order valence-corrected chi connectivity index (χ0v) is 18.0. The molecular formula is C22H21ClN2O6. The molecule has 8 nitrogen and oxygen atoms in total. The average Bonchev–Trinajstić information content (AvgIpc) is 2.74. The molecule has 9 heteroatoms. The summed E-state index contributed by atoms with van der Waals surface area (Å²) in [4.78, 5) is 38.6. The zero-order valence-electron chi connectivity index (χ0n) is 17.2. The molecule has 0 spiro atoms. The van der Waals surface area contributed by atoms with Crippen LogP contribution < -0.4 is 24.4 Å². The van der Waals surface area contributed by atoms with E-state index in [9.17, 15) is 14.4 Å². The van der Waals surface area contributed by atoms with Crippen LogP contribution in [0.15, 0.2) is 42.0 Å². The molecule has 0 aliphatic carbocycles. The monoisotopic (exact) mass is 444 g/mol. The van der Waals surface area contributed by atoms with E-state index in [2.05, 4.69) is 5.32 Å². The van der Waals surface area contributed by atoms with E-state index in [0.717, 1.165) is 4.90 Å². The van der Waals surface area contributed by atoms with Crippen LogP contribution >= 0.6 is 11.6 Å². The lowest BCUT2D eigenvalue weighted by molar-refractivity contribution is -0.122. The van der Waals surface area contributed by atoms with Crippen LogP contribution in [0.5, 0.6) is 17.2 Å². The first-order valence-corrected chi connectivity index (χ1v) is 9.92. The van der Waals surface area contributed by atoms with Crippen molar-refractivity contribution in [1.82, 2.24) is 5.32 Å². The molecule has 0 atom stereocenters. The maximum absolute atomic E-state index is 13.0. The quantitative estimate of drug-likeness (QED) is 0.515. The second kappa shape index (κ2) is 9.53. The van der Waals surface area contributed by atoms with Crippen LogP contribution in [0.3, 0.4) is 0 Å². The molecule has 0 radical (unpaired) electrons. The summed E-state index contributed by atoms with van der Waals surface area (Å²) in [6.07, 6.45) is 1.35. The van der Waals surface area contributed by atoms with Gasteiger partial charge in [-0.15, -0.1) is 0 Å². The Balaban J connectivity index is 2.01. The van der Waals surface area contributed by atoms with Gasteiger partial charge in [-0.1, -0.05) is 11.6 Å². The summed E-state index contributed by atoms with van der Waals surface area (Å²) in [5, 5.41) is 2.45. The number of hydrogen-bond donors (Lipinski definition) is 1. The predicted octanol–water partition coefficient (Wildman–Crippen LogP) is 3.81. The molecule has 1 saturated heterocycles. The molecule has 2 aromatic carbocycles. The molecular weight excluding hydrogens is 424 g/mol. The summed E-state index contributed by atoms with van der Waals surface area (Å²) in [6, 6.07) is 8.64. The number of urea groups is 1. The molecule has 31 heavy (non-hydrogen) atoms. The highest BCUT2D eigenvalue weighted by atomic mass is 35.5. The van der Waals surface area contributed by atoms with Crippen LogP contribution in [0, 0.1) is 0 Å². The molecule has 0 bridgehead atoms. The second-order valence-electron chi connectivity index (χ2n) is 6.35. The molecule has 1 aliphatic heterocycles. The van der Waals surface area contributed by atoms with Gasteiger partial charge in [-0.05, 0) is 61.9 Å². The number of carbonyl (C=O) groups excluding carboxylic acids is 3. The fourth-order valence-corrected chi connectivity index (χ4v) is 3.28. The van der Waals surface area contributed by atoms with Gasteiger partial charge in [0, 0.05) is 0 Å². The number of halogens is 1. The maximum atomic E-state index is 13.0. The number of nitrogens with one attached hydrogen (secondary N) is 1. The van der Waals surface area contributed by atoms with Crippen LogP contribution in [0.25, 0.3) is 6.08 Å². The third kappa shape index (κ3) is 4.64. The van der Waals surface area contributed by atoms with Crippen molar-refractivity contribution in [2.75, 3.05) is 25.2 Å². The van der Waals surface area contributed by atoms with Gasteiger partial charge in [-0.3, -0.25) is 14.9 Å². The number of ether oxygens (including phenoxy) is 3. The normalized spacial score (nSPS) is 15.2. The van der Waals surface area contributed by atoms with E-state index in [1.807, 2.05) is 13.8 Å². The largest absolute Gasteiger partial charge is 0.497 e. The van der Waals surface area contributed by atoms with Crippen molar-refractivity contribution in [2.45, 2.75) is 13.8 Å². The molecule has 1 heterocycles. The Morgan fingerprint density at radius 2 is 1.71 bits per heavy atom. The summed E-state index contributed by atoms with van der Waals surface area (Å²) in [6.45, 7) is 4.39. The van der Waals surface area contributed by atoms with Crippen LogP contribution in [0.1, 0.15) is 19.4 Å². The Kier molecular flexibility index (Phi) is 6.81. The van der Waals surface area contributed by atoms with E-state index >= 15 is 0 Å². The molecule has 4 amide bonds. The lowest BCUT2D eigenvalue weighted by Gasteiger charge is -2.26. The molecule has 3 rings (SSSR count). The first-order chi connectivity index (χ1) is 14.9. The van der Waals surface area contributed by atoms with Crippen molar-refractivity contribution >= 4 is 41.2 Å². The van der Waals surface area contributed by atoms with E-state index < -0.39 is 17.8 Å². The number of anilines is 1. The molecule has 1 aliphatic rings. The second-order valence-corrected chi connectivity index (χ2v) is 6.76. The summed E-state index contributed by atoms with van der Waals surface area (Å²) in [7, 11) is 1.51. The Hall–Kier alpha value is -3.52. The number of imide groups is 2. The summed E-state index contributed by atoms with van der Waals surface area (Å²) < 4.78 is 16.2. The Morgan fingerprint density at radius 3 is 2.32 bits per heavy atom. The summed E-state index contributed by atoms with van der Waals surface area (Å²) >= 11 is 6.32. The lowest BCUT2D eigenvalue weighted by Crippen LogP contribution is -2.54. The van der Waals surface area contributed by atoms with E-state index in [1.165, 1.54) is 13.2 Å². The minimum absolute atomic E-state index is 0.224. The Bertz CT molecular complexity index is 1050. The number of methoxy groups -OCH3 is 1. The number of barbiturate groups is 1. The van der Waals surface area contributed by atoms with Crippen molar-refractivity contribution < 1.29 is 28.6 Å². The van der Waals surface area contributed by atoms with Crippen molar-refractivity contribution in [3.63, 3.8) is 0 Å². The minimum Gasteiger partial charge on any atom is -0.497 e. The predicted molar refractivity (Wildman–Crippen MR) is 116 cm³/mol.